The Labute approximate surface area is 192 Å². The summed E-state index contributed by atoms with van der Waals surface area (Å²) in [5.41, 5.74) is 2.83. The van der Waals surface area contributed by atoms with Crippen LogP contribution in [0.15, 0.2) is 82.8 Å². The molecule has 0 saturated carbocycles. The first-order valence-corrected chi connectivity index (χ1v) is 10.6. The number of amides is 4. The summed E-state index contributed by atoms with van der Waals surface area (Å²) in [5.74, 6) is -1.43. The summed E-state index contributed by atoms with van der Waals surface area (Å²) >= 11 is 10.0. The second-order valence-corrected chi connectivity index (χ2v) is 8.17. The molecule has 1 heterocycles. The zero-order chi connectivity index (χ0) is 22.0. The average Bonchev–Trinajstić information content (AvgIpc) is 2.75. The van der Waals surface area contributed by atoms with E-state index in [1.165, 1.54) is 6.08 Å². The van der Waals surface area contributed by atoms with Crippen LogP contribution in [0.25, 0.3) is 6.08 Å². The van der Waals surface area contributed by atoms with Crippen molar-refractivity contribution in [3.05, 3.63) is 105 Å². The molecule has 1 aliphatic rings. The molecule has 3 aromatic carbocycles. The maximum Gasteiger partial charge on any atom is 0.335 e. The normalized spacial score (nSPS) is 15.4. The highest BCUT2D eigenvalue weighted by molar-refractivity contribution is 9.10. The van der Waals surface area contributed by atoms with E-state index in [-0.39, 0.29) is 5.57 Å². The zero-order valence-corrected chi connectivity index (χ0v) is 18.5. The third-order valence-corrected chi connectivity index (χ3v) is 5.97. The van der Waals surface area contributed by atoms with Gasteiger partial charge in [0.1, 0.15) is 5.57 Å². The summed E-state index contributed by atoms with van der Waals surface area (Å²) in [6.07, 6.45) is 2.07. The Morgan fingerprint density at radius 3 is 2.32 bits per heavy atom. The number of nitrogens with one attached hydrogen (secondary N) is 1. The number of hydrogen-bond acceptors (Lipinski definition) is 3. The fraction of sp³-hybridized carbons (Fsp3) is 0.0417. The number of barbiturate groups is 1. The van der Waals surface area contributed by atoms with Gasteiger partial charge in [-0.1, -0.05) is 76.1 Å². The van der Waals surface area contributed by atoms with E-state index in [1.54, 1.807) is 42.5 Å². The molecule has 3 aromatic rings. The highest BCUT2D eigenvalue weighted by Crippen LogP contribution is 2.27. The van der Waals surface area contributed by atoms with E-state index in [4.69, 9.17) is 11.6 Å². The number of imide groups is 2. The number of para-hydroxylation sites is 1. The predicted molar refractivity (Wildman–Crippen MR) is 124 cm³/mol. The molecular formula is C24H16BrClN2O3. The fourth-order valence-electron chi connectivity index (χ4n) is 3.28. The van der Waals surface area contributed by atoms with Gasteiger partial charge < -0.3 is 0 Å². The number of hydrogen-bond donors (Lipinski definition) is 1. The van der Waals surface area contributed by atoms with Crippen LogP contribution in [-0.4, -0.2) is 17.8 Å². The minimum Gasteiger partial charge on any atom is -0.273 e. The summed E-state index contributed by atoms with van der Waals surface area (Å²) in [5, 5.41) is 2.73. The molecule has 154 valence electrons. The van der Waals surface area contributed by atoms with Gasteiger partial charge in [0.25, 0.3) is 11.8 Å². The van der Waals surface area contributed by atoms with Gasteiger partial charge in [0.2, 0.25) is 0 Å². The minimum atomic E-state index is -0.778. The van der Waals surface area contributed by atoms with Crippen molar-refractivity contribution in [1.82, 2.24) is 5.32 Å². The van der Waals surface area contributed by atoms with E-state index in [9.17, 15) is 14.4 Å². The molecule has 1 saturated heterocycles. The van der Waals surface area contributed by atoms with Crippen LogP contribution in [0.4, 0.5) is 10.5 Å². The average molecular weight is 496 g/mol. The maximum absolute atomic E-state index is 12.9. The van der Waals surface area contributed by atoms with Crippen molar-refractivity contribution in [3.8, 4) is 0 Å². The van der Waals surface area contributed by atoms with Gasteiger partial charge >= 0.3 is 6.03 Å². The minimum absolute atomic E-state index is 0.141. The summed E-state index contributed by atoms with van der Waals surface area (Å²) in [6, 6.07) is 20.9. The molecule has 1 N–H and O–H groups in total. The van der Waals surface area contributed by atoms with Crippen LogP contribution < -0.4 is 10.2 Å². The van der Waals surface area contributed by atoms with Gasteiger partial charge in [-0.15, -0.1) is 0 Å². The maximum atomic E-state index is 12.9. The number of carbonyl (C=O) groups excluding carboxylic acids is 3. The van der Waals surface area contributed by atoms with Crippen LogP contribution in [-0.2, 0) is 16.0 Å². The molecule has 0 atom stereocenters. The Balaban J connectivity index is 1.63. The van der Waals surface area contributed by atoms with Crippen LogP contribution in [0, 0.1) is 0 Å². The number of urea groups is 1. The zero-order valence-electron chi connectivity index (χ0n) is 16.1. The molecule has 31 heavy (non-hydrogen) atoms. The van der Waals surface area contributed by atoms with Gasteiger partial charge in [0, 0.05) is 15.9 Å². The number of halogens is 2. The number of anilines is 1. The quantitative estimate of drug-likeness (QED) is 0.391. The first-order chi connectivity index (χ1) is 14.9. The van der Waals surface area contributed by atoms with Crippen molar-refractivity contribution in [1.29, 1.82) is 0 Å². The third-order valence-electron chi connectivity index (χ3n) is 4.84. The van der Waals surface area contributed by atoms with Crippen molar-refractivity contribution < 1.29 is 14.4 Å². The van der Waals surface area contributed by atoms with E-state index in [1.807, 2.05) is 30.3 Å². The van der Waals surface area contributed by atoms with Crippen LogP contribution in [0.5, 0.6) is 0 Å². The summed E-state index contributed by atoms with van der Waals surface area (Å²) in [7, 11) is 0. The Morgan fingerprint density at radius 1 is 0.903 bits per heavy atom. The molecule has 0 bridgehead atoms. The molecule has 1 aliphatic heterocycles. The van der Waals surface area contributed by atoms with Crippen LogP contribution in [0.3, 0.4) is 0 Å². The number of carbonyl (C=O) groups is 3. The van der Waals surface area contributed by atoms with Crippen LogP contribution in [0.1, 0.15) is 16.7 Å². The first-order valence-electron chi connectivity index (χ1n) is 9.42. The molecule has 4 amide bonds. The molecular weight excluding hydrogens is 480 g/mol. The summed E-state index contributed by atoms with van der Waals surface area (Å²) in [6.45, 7) is 0. The number of benzene rings is 3. The first kappa shape index (κ1) is 21.0. The number of rotatable bonds is 4. The van der Waals surface area contributed by atoms with E-state index in [0.29, 0.717) is 22.7 Å². The van der Waals surface area contributed by atoms with Crippen molar-refractivity contribution in [2.75, 3.05) is 4.90 Å². The lowest BCUT2D eigenvalue weighted by molar-refractivity contribution is -0.122. The second kappa shape index (κ2) is 8.88. The van der Waals surface area contributed by atoms with Gasteiger partial charge in [-0.25, -0.2) is 9.69 Å². The molecule has 7 heteroatoms. The highest BCUT2D eigenvalue weighted by atomic mass is 79.9. The second-order valence-electron chi connectivity index (χ2n) is 6.91. The SMILES string of the molecule is O=C1NC(=O)N(c2ccccc2)C(=O)/C1=C/c1ccc(Cc2ccccc2Br)c(Cl)c1. The fourth-order valence-corrected chi connectivity index (χ4v) is 3.96. The van der Waals surface area contributed by atoms with Crippen molar-refractivity contribution in [2.24, 2.45) is 0 Å². The summed E-state index contributed by atoms with van der Waals surface area (Å²) in [4.78, 5) is 38.4. The molecule has 0 aromatic heterocycles. The van der Waals surface area contributed by atoms with Gasteiger partial charge in [-0.05, 0) is 47.0 Å². The molecule has 0 radical (unpaired) electrons. The topological polar surface area (TPSA) is 66.5 Å². The van der Waals surface area contributed by atoms with Crippen molar-refractivity contribution in [3.63, 3.8) is 0 Å². The van der Waals surface area contributed by atoms with Crippen LogP contribution in [0.2, 0.25) is 5.02 Å². The Kier molecular flexibility index (Phi) is 6.02. The molecule has 0 unspecified atom stereocenters. The smallest absolute Gasteiger partial charge is 0.273 e. The van der Waals surface area contributed by atoms with E-state index < -0.39 is 17.8 Å². The Morgan fingerprint density at radius 2 is 1.61 bits per heavy atom. The number of nitrogens with zero attached hydrogens (tertiary/aromatic N) is 1. The largest absolute Gasteiger partial charge is 0.335 e. The highest BCUT2D eigenvalue weighted by Gasteiger charge is 2.36. The molecule has 0 spiro atoms. The van der Waals surface area contributed by atoms with Crippen LogP contribution >= 0.6 is 27.5 Å². The molecule has 0 aliphatic carbocycles. The monoisotopic (exact) mass is 494 g/mol. The lowest BCUT2D eigenvalue weighted by Gasteiger charge is -2.26. The third kappa shape index (κ3) is 4.45. The van der Waals surface area contributed by atoms with Gasteiger partial charge in [-0.2, -0.15) is 0 Å². The molecule has 1 fully saturated rings. The van der Waals surface area contributed by atoms with Gasteiger partial charge in [0.05, 0.1) is 5.69 Å². The van der Waals surface area contributed by atoms with E-state index in [0.717, 1.165) is 20.5 Å². The van der Waals surface area contributed by atoms with Crippen molar-refractivity contribution in [2.45, 2.75) is 6.42 Å². The standard InChI is InChI=1S/C24H16BrClN2O3/c25-20-9-5-4-6-16(20)14-17-11-10-15(13-21(17)26)12-19-22(29)27-24(31)28(23(19)30)18-7-2-1-3-8-18/h1-13H,14H2,(H,27,29,31)/b19-12+. The van der Waals surface area contributed by atoms with Gasteiger partial charge in [0.15, 0.2) is 0 Å². The Bertz CT molecular complexity index is 1220. The van der Waals surface area contributed by atoms with E-state index >= 15 is 0 Å². The molecule has 5 nitrogen and oxygen atoms in total. The lowest BCUT2D eigenvalue weighted by atomic mass is 10.0. The predicted octanol–water partition coefficient (Wildman–Crippen LogP) is 5.36. The van der Waals surface area contributed by atoms with E-state index in [2.05, 4.69) is 21.2 Å². The Hall–Kier alpha value is -3.22. The lowest BCUT2D eigenvalue weighted by Crippen LogP contribution is -2.54. The molecule has 4 rings (SSSR count). The van der Waals surface area contributed by atoms with Gasteiger partial charge in [-0.3, -0.25) is 14.9 Å². The summed E-state index contributed by atoms with van der Waals surface area (Å²) < 4.78 is 0.993. The van der Waals surface area contributed by atoms with Crippen molar-refractivity contribution >= 4 is 57.1 Å².